The zero-order valence-corrected chi connectivity index (χ0v) is 12.9. The Bertz CT molecular complexity index is 380. The summed E-state index contributed by atoms with van der Waals surface area (Å²) in [7, 11) is 0. The Morgan fingerprint density at radius 3 is 2.62 bits per heavy atom. The SMILES string of the molecule is CCN(CC)C(=O)Oc1cccc(Br)c1I. The number of carbonyl (C=O) groups is 1. The summed E-state index contributed by atoms with van der Waals surface area (Å²) in [6.45, 7) is 5.16. The summed E-state index contributed by atoms with van der Waals surface area (Å²) in [4.78, 5) is 13.4. The number of rotatable bonds is 3. The van der Waals surface area contributed by atoms with Crippen LogP contribution in [-0.2, 0) is 0 Å². The van der Waals surface area contributed by atoms with Crippen LogP contribution in [0.15, 0.2) is 22.7 Å². The molecule has 1 rings (SSSR count). The number of hydrogen-bond acceptors (Lipinski definition) is 2. The summed E-state index contributed by atoms with van der Waals surface area (Å²) in [5.74, 6) is 0.590. The maximum absolute atomic E-state index is 11.7. The highest BCUT2D eigenvalue weighted by Gasteiger charge is 2.14. The summed E-state index contributed by atoms with van der Waals surface area (Å²) in [6, 6.07) is 5.54. The molecule has 0 radical (unpaired) electrons. The molecule has 88 valence electrons. The number of nitrogens with zero attached hydrogens (tertiary/aromatic N) is 1. The molecular weight excluding hydrogens is 385 g/mol. The highest BCUT2D eigenvalue weighted by molar-refractivity contribution is 14.1. The highest BCUT2D eigenvalue weighted by atomic mass is 127. The number of benzene rings is 1. The zero-order valence-electron chi connectivity index (χ0n) is 9.17. The fourth-order valence-electron chi connectivity index (χ4n) is 1.20. The van der Waals surface area contributed by atoms with Crippen molar-refractivity contribution in [1.29, 1.82) is 0 Å². The van der Waals surface area contributed by atoms with Gasteiger partial charge in [0, 0.05) is 17.6 Å². The van der Waals surface area contributed by atoms with E-state index in [0.29, 0.717) is 18.8 Å². The van der Waals surface area contributed by atoms with Crippen molar-refractivity contribution in [2.75, 3.05) is 13.1 Å². The second-order valence-electron chi connectivity index (χ2n) is 3.09. The number of amides is 1. The van der Waals surface area contributed by atoms with Crippen LogP contribution in [0.4, 0.5) is 4.79 Å². The van der Waals surface area contributed by atoms with Crippen LogP contribution in [0.2, 0.25) is 0 Å². The Kier molecular flexibility index (Phi) is 5.54. The summed E-state index contributed by atoms with van der Waals surface area (Å²) in [6.07, 6.45) is -0.305. The number of ether oxygens (including phenoxy) is 1. The van der Waals surface area contributed by atoms with E-state index in [-0.39, 0.29) is 6.09 Å². The lowest BCUT2D eigenvalue weighted by atomic mass is 10.3. The molecular formula is C11H13BrINO2. The Morgan fingerprint density at radius 2 is 2.06 bits per heavy atom. The molecule has 1 aromatic carbocycles. The second-order valence-corrected chi connectivity index (χ2v) is 5.03. The average molecular weight is 398 g/mol. The van der Waals surface area contributed by atoms with Crippen LogP contribution in [0.1, 0.15) is 13.8 Å². The Balaban J connectivity index is 2.80. The van der Waals surface area contributed by atoms with Crippen LogP contribution < -0.4 is 4.74 Å². The minimum absolute atomic E-state index is 0.305. The first kappa shape index (κ1) is 13.8. The highest BCUT2D eigenvalue weighted by Crippen LogP contribution is 2.28. The standard InChI is InChI=1S/C11H13BrINO2/c1-3-14(4-2)11(15)16-9-7-5-6-8(12)10(9)13/h5-7H,3-4H2,1-2H3. The quantitative estimate of drug-likeness (QED) is 0.724. The van der Waals surface area contributed by atoms with E-state index < -0.39 is 0 Å². The lowest BCUT2D eigenvalue weighted by Crippen LogP contribution is -2.33. The average Bonchev–Trinajstić information content (AvgIpc) is 2.26. The molecule has 0 N–H and O–H groups in total. The molecule has 0 aliphatic heterocycles. The summed E-state index contributed by atoms with van der Waals surface area (Å²) < 4.78 is 7.15. The molecule has 0 heterocycles. The van der Waals surface area contributed by atoms with E-state index in [1.165, 1.54) is 0 Å². The Labute approximate surface area is 117 Å². The molecule has 0 aliphatic rings. The fourth-order valence-corrected chi connectivity index (χ4v) is 2.02. The van der Waals surface area contributed by atoms with Crippen molar-refractivity contribution in [1.82, 2.24) is 4.90 Å². The first-order chi connectivity index (χ1) is 7.60. The van der Waals surface area contributed by atoms with Crippen molar-refractivity contribution in [2.24, 2.45) is 0 Å². The van der Waals surface area contributed by atoms with Gasteiger partial charge in [0.15, 0.2) is 0 Å². The molecule has 0 bridgehead atoms. The third-order valence-electron chi connectivity index (χ3n) is 2.14. The third-order valence-corrected chi connectivity index (χ3v) is 4.65. The number of halogens is 2. The van der Waals surface area contributed by atoms with Crippen LogP contribution >= 0.6 is 38.5 Å². The van der Waals surface area contributed by atoms with Gasteiger partial charge in [0.05, 0.1) is 3.57 Å². The van der Waals surface area contributed by atoms with Crippen molar-refractivity contribution in [3.05, 3.63) is 26.2 Å². The molecule has 0 spiro atoms. The Morgan fingerprint density at radius 1 is 1.44 bits per heavy atom. The minimum Gasteiger partial charge on any atom is -0.409 e. The van der Waals surface area contributed by atoms with Gasteiger partial charge in [-0.25, -0.2) is 4.79 Å². The largest absolute Gasteiger partial charge is 0.415 e. The fraction of sp³-hybridized carbons (Fsp3) is 0.364. The molecule has 0 saturated heterocycles. The van der Waals surface area contributed by atoms with Crippen molar-refractivity contribution in [2.45, 2.75) is 13.8 Å². The van der Waals surface area contributed by atoms with Gasteiger partial charge in [0.2, 0.25) is 0 Å². The zero-order chi connectivity index (χ0) is 12.1. The van der Waals surface area contributed by atoms with Gasteiger partial charge in [-0.15, -0.1) is 0 Å². The van der Waals surface area contributed by atoms with E-state index in [0.717, 1.165) is 8.04 Å². The predicted molar refractivity (Wildman–Crippen MR) is 75.8 cm³/mol. The van der Waals surface area contributed by atoms with Crippen LogP contribution in [0, 0.1) is 3.57 Å². The van der Waals surface area contributed by atoms with E-state index >= 15 is 0 Å². The van der Waals surface area contributed by atoms with E-state index in [4.69, 9.17) is 4.74 Å². The van der Waals surface area contributed by atoms with Crippen molar-refractivity contribution >= 4 is 44.6 Å². The van der Waals surface area contributed by atoms with E-state index in [2.05, 4.69) is 38.5 Å². The maximum Gasteiger partial charge on any atom is 0.415 e. The molecule has 1 amide bonds. The molecule has 0 saturated carbocycles. The van der Waals surface area contributed by atoms with Crippen molar-refractivity contribution in [3.8, 4) is 5.75 Å². The molecule has 0 unspecified atom stereocenters. The van der Waals surface area contributed by atoms with Crippen LogP contribution in [0.3, 0.4) is 0 Å². The van der Waals surface area contributed by atoms with E-state index in [9.17, 15) is 4.79 Å². The van der Waals surface area contributed by atoms with Gasteiger partial charge in [-0.1, -0.05) is 6.07 Å². The molecule has 3 nitrogen and oxygen atoms in total. The van der Waals surface area contributed by atoms with Gasteiger partial charge in [-0.3, -0.25) is 0 Å². The smallest absolute Gasteiger partial charge is 0.409 e. The monoisotopic (exact) mass is 397 g/mol. The molecule has 5 heteroatoms. The molecule has 0 aromatic heterocycles. The topological polar surface area (TPSA) is 29.5 Å². The Hall–Kier alpha value is -0.300. The summed E-state index contributed by atoms with van der Waals surface area (Å²) in [5, 5.41) is 0. The molecule has 0 aliphatic carbocycles. The van der Waals surface area contributed by atoms with E-state index in [1.54, 1.807) is 11.0 Å². The van der Waals surface area contributed by atoms with Gasteiger partial charge in [-0.05, 0) is 64.5 Å². The van der Waals surface area contributed by atoms with Crippen LogP contribution in [0.5, 0.6) is 5.75 Å². The second kappa shape index (κ2) is 6.44. The van der Waals surface area contributed by atoms with Crippen LogP contribution in [-0.4, -0.2) is 24.1 Å². The maximum atomic E-state index is 11.7. The normalized spacial score (nSPS) is 10.0. The lowest BCUT2D eigenvalue weighted by Gasteiger charge is -2.18. The van der Waals surface area contributed by atoms with Gasteiger partial charge in [0.25, 0.3) is 0 Å². The van der Waals surface area contributed by atoms with Gasteiger partial charge >= 0.3 is 6.09 Å². The third kappa shape index (κ3) is 3.35. The molecule has 1 aromatic rings. The van der Waals surface area contributed by atoms with Crippen molar-refractivity contribution in [3.63, 3.8) is 0 Å². The first-order valence-electron chi connectivity index (χ1n) is 5.00. The predicted octanol–water partition coefficient (Wildman–Crippen LogP) is 3.89. The molecule has 16 heavy (non-hydrogen) atoms. The summed E-state index contributed by atoms with van der Waals surface area (Å²) in [5.41, 5.74) is 0. The molecule has 0 atom stereocenters. The van der Waals surface area contributed by atoms with Gasteiger partial charge < -0.3 is 9.64 Å². The van der Waals surface area contributed by atoms with Crippen LogP contribution in [0.25, 0.3) is 0 Å². The number of hydrogen-bond donors (Lipinski definition) is 0. The minimum atomic E-state index is -0.305. The number of carbonyl (C=O) groups excluding carboxylic acids is 1. The lowest BCUT2D eigenvalue weighted by molar-refractivity contribution is 0.157. The summed E-state index contributed by atoms with van der Waals surface area (Å²) >= 11 is 5.54. The molecule has 0 fully saturated rings. The van der Waals surface area contributed by atoms with Crippen molar-refractivity contribution < 1.29 is 9.53 Å². The van der Waals surface area contributed by atoms with Gasteiger partial charge in [0.1, 0.15) is 5.75 Å². The first-order valence-corrected chi connectivity index (χ1v) is 6.88. The van der Waals surface area contributed by atoms with Gasteiger partial charge in [-0.2, -0.15) is 0 Å². The van der Waals surface area contributed by atoms with E-state index in [1.807, 2.05) is 26.0 Å².